The largest absolute Gasteiger partial charge is 0.477 e. The van der Waals surface area contributed by atoms with Gasteiger partial charge in [-0.05, 0) is 25.0 Å². The highest BCUT2D eigenvalue weighted by atomic mass is 32.1. The van der Waals surface area contributed by atoms with E-state index in [0.717, 1.165) is 16.9 Å². The van der Waals surface area contributed by atoms with Crippen molar-refractivity contribution in [2.45, 2.75) is 32.9 Å². The number of carboxylic acids is 1. The zero-order valence-electron chi connectivity index (χ0n) is 9.41. The number of thiophene rings is 1. The Kier molecular flexibility index (Phi) is 4.53. The van der Waals surface area contributed by atoms with Gasteiger partial charge in [0.05, 0.1) is 6.04 Å². The van der Waals surface area contributed by atoms with E-state index < -0.39 is 5.97 Å². The third-order valence-corrected chi connectivity index (χ3v) is 3.46. The quantitative estimate of drug-likeness (QED) is 0.772. The van der Waals surface area contributed by atoms with Gasteiger partial charge in [-0.1, -0.05) is 12.8 Å². The molecule has 0 aliphatic heterocycles. The van der Waals surface area contributed by atoms with E-state index in [1.165, 1.54) is 11.3 Å². The second-order valence-corrected chi connectivity index (χ2v) is 4.76. The van der Waals surface area contributed by atoms with Crippen molar-refractivity contribution in [3.8, 4) is 12.3 Å². The predicted octanol–water partition coefficient (Wildman–Crippen LogP) is 2.26. The summed E-state index contributed by atoms with van der Waals surface area (Å²) in [7, 11) is 0. The van der Waals surface area contributed by atoms with Crippen molar-refractivity contribution >= 4 is 17.3 Å². The summed E-state index contributed by atoms with van der Waals surface area (Å²) in [6, 6.07) is 1.76. The molecule has 1 aromatic rings. The van der Waals surface area contributed by atoms with Gasteiger partial charge in [-0.2, -0.15) is 0 Å². The molecule has 1 aromatic heterocycles. The van der Waals surface area contributed by atoms with Crippen LogP contribution in [-0.2, 0) is 6.54 Å². The molecule has 0 radical (unpaired) electrons. The highest BCUT2D eigenvalue weighted by molar-refractivity contribution is 7.14. The summed E-state index contributed by atoms with van der Waals surface area (Å²) >= 11 is 1.30. The van der Waals surface area contributed by atoms with Crippen LogP contribution in [0.3, 0.4) is 0 Å². The van der Waals surface area contributed by atoms with Crippen LogP contribution >= 0.6 is 11.3 Å². The SMILES string of the molecule is C#CC(CC)NCc1cc(C(=O)O)sc1C. The molecule has 86 valence electrons. The summed E-state index contributed by atoms with van der Waals surface area (Å²) in [6.45, 7) is 4.56. The molecule has 1 unspecified atom stereocenters. The molecule has 1 heterocycles. The molecule has 0 fully saturated rings. The third-order valence-electron chi connectivity index (χ3n) is 2.38. The molecular weight excluding hydrogens is 222 g/mol. The lowest BCUT2D eigenvalue weighted by Crippen LogP contribution is -2.26. The normalized spacial score (nSPS) is 12.1. The standard InChI is InChI=1S/C12H15NO2S/c1-4-10(5-2)13-7-9-6-11(12(14)15)16-8(9)3/h1,6,10,13H,5,7H2,2-3H3,(H,14,15). The Hall–Kier alpha value is -1.31. The van der Waals surface area contributed by atoms with Gasteiger partial charge in [-0.15, -0.1) is 17.8 Å². The number of nitrogens with one attached hydrogen (secondary N) is 1. The highest BCUT2D eigenvalue weighted by Crippen LogP contribution is 2.21. The predicted molar refractivity (Wildman–Crippen MR) is 65.8 cm³/mol. The maximum atomic E-state index is 10.8. The van der Waals surface area contributed by atoms with E-state index >= 15 is 0 Å². The number of hydrogen-bond acceptors (Lipinski definition) is 3. The molecule has 3 nitrogen and oxygen atoms in total. The average molecular weight is 237 g/mol. The van der Waals surface area contributed by atoms with Crippen molar-refractivity contribution in [2.75, 3.05) is 0 Å². The lowest BCUT2D eigenvalue weighted by molar-refractivity contribution is 0.0702. The Morgan fingerprint density at radius 3 is 2.88 bits per heavy atom. The Morgan fingerprint density at radius 1 is 1.75 bits per heavy atom. The van der Waals surface area contributed by atoms with Crippen molar-refractivity contribution in [1.82, 2.24) is 5.32 Å². The summed E-state index contributed by atoms with van der Waals surface area (Å²) in [5.41, 5.74) is 1.01. The van der Waals surface area contributed by atoms with Crippen molar-refractivity contribution in [1.29, 1.82) is 0 Å². The van der Waals surface area contributed by atoms with E-state index in [9.17, 15) is 4.79 Å². The van der Waals surface area contributed by atoms with Crippen molar-refractivity contribution < 1.29 is 9.90 Å². The molecule has 4 heteroatoms. The van der Waals surface area contributed by atoms with Crippen LogP contribution in [0.25, 0.3) is 0 Å². The smallest absolute Gasteiger partial charge is 0.345 e. The molecule has 0 saturated carbocycles. The van der Waals surface area contributed by atoms with Gasteiger partial charge in [-0.25, -0.2) is 4.79 Å². The monoisotopic (exact) mass is 237 g/mol. The van der Waals surface area contributed by atoms with E-state index in [1.807, 2.05) is 13.8 Å². The second kappa shape index (κ2) is 5.69. The van der Waals surface area contributed by atoms with Crippen molar-refractivity contribution in [2.24, 2.45) is 0 Å². The first-order valence-electron chi connectivity index (χ1n) is 5.10. The Bertz CT molecular complexity index is 417. The Labute approximate surface area is 99.5 Å². The number of aryl methyl sites for hydroxylation is 1. The van der Waals surface area contributed by atoms with Crippen LogP contribution in [0.5, 0.6) is 0 Å². The van der Waals surface area contributed by atoms with Crippen LogP contribution in [-0.4, -0.2) is 17.1 Å². The highest BCUT2D eigenvalue weighted by Gasteiger charge is 2.11. The molecule has 0 aliphatic rings. The van der Waals surface area contributed by atoms with Crippen molar-refractivity contribution in [3.63, 3.8) is 0 Å². The number of carbonyl (C=O) groups is 1. The van der Waals surface area contributed by atoms with E-state index in [1.54, 1.807) is 6.07 Å². The molecule has 1 atom stereocenters. The van der Waals surface area contributed by atoms with Gasteiger partial charge < -0.3 is 5.11 Å². The van der Waals surface area contributed by atoms with Crippen LogP contribution in [0.2, 0.25) is 0 Å². The molecule has 0 amide bonds. The van der Waals surface area contributed by atoms with E-state index in [-0.39, 0.29) is 6.04 Å². The number of aromatic carboxylic acids is 1. The number of rotatable bonds is 5. The molecule has 0 saturated heterocycles. The van der Waals surface area contributed by atoms with Crippen LogP contribution in [0, 0.1) is 19.3 Å². The van der Waals surface area contributed by atoms with Gasteiger partial charge in [0, 0.05) is 11.4 Å². The summed E-state index contributed by atoms with van der Waals surface area (Å²) in [4.78, 5) is 12.2. The van der Waals surface area contributed by atoms with Crippen LogP contribution in [0.1, 0.15) is 33.5 Å². The van der Waals surface area contributed by atoms with Gasteiger partial charge in [0.15, 0.2) is 0 Å². The van der Waals surface area contributed by atoms with E-state index in [2.05, 4.69) is 11.2 Å². The van der Waals surface area contributed by atoms with Gasteiger partial charge in [0.1, 0.15) is 4.88 Å². The topological polar surface area (TPSA) is 49.3 Å². The first kappa shape index (κ1) is 12.8. The lowest BCUT2D eigenvalue weighted by Gasteiger charge is -2.09. The van der Waals surface area contributed by atoms with E-state index in [4.69, 9.17) is 11.5 Å². The zero-order chi connectivity index (χ0) is 12.1. The summed E-state index contributed by atoms with van der Waals surface area (Å²) < 4.78 is 0. The fourth-order valence-corrected chi connectivity index (χ4v) is 2.24. The first-order chi connectivity index (χ1) is 7.58. The van der Waals surface area contributed by atoms with Crippen molar-refractivity contribution in [3.05, 3.63) is 21.4 Å². The minimum atomic E-state index is -0.872. The summed E-state index contributed by atoms with van der Waals surface area (Å²) in [6.07, 6.45) is 6.20. The van der Waals surface area contributed by atoms with Gasteiger partial charge in [0.25, 0.3) is 0 Å². The first-order valence-corrected chi connectivity index (χ1v) is 5.92. The summed E-state index contributed by atoms with van der Waals surface area (Å²) in [5.74, 6) is 1.78. The molecule has 2 N–H and O–H groups in total. The molecular formula is C12H15NO2S. The molecule has 16 heavy (non-hydrogen) atoms. The Morgan fingerprint density at radius 2 is 2.44 bits per heavy atom. The fraction of sp³-hybridized carbons (Fsp3) is 0.417. The van der Waals surface area contributed by atoms with Crippen LogP contribution in [0.4, 0.5) is 0 Å². The minimum Gasteiger partial charge on any atom is -0.477 e. The number of hydrogen-bond donors (Lipinski definition) is 2. The number of carboxylic acid groups (broad SMARTS) is 1. The number of terminal acetylenes is 1. The Balaban J connectivity index is 2.68. The van der Waals surface area contributed by atoms with Crippen LogP contribution < -0.4 is 5.32 Å². The van der Waals surface area contributed by atoms with E-state index in [0.29, 0.717) is 11.4 Å². The van der Waals surface area contributed by atoms with Crippen LogP contribution in [0.15, 0.2) is 6.07 Å². The molecule has 0 spiro atoms. The van der Waals surface area contributed by atoms with Gasteiger partial charge in [-0.3, -0.25) is 5.32 Å². The molecule has 0 aromatic carbocycles. The van der Waals surface area contributed by atoms with Gasteiger partial charge >= 0.3 is 5.97 Å². The maximum Gasteiger partial charge on any atom is 0.345 e. The maximum absolute atomic E-state index is 10.8. The zero-order valence-corrected chi connectivity index (χ0v) is 10.2. The van der Waals surface area contributed by atoms with Gasteiger partial charge in [0.2, 0.25) is 0 Å². The summed E-state index contributed by atoms with van der Waals surface area (Å²) in [5, 5.41) is 12.1. The fourth-order valence-electron chi connectivity index (χ4n) is 1.35. The minimum absolute atomic E-state index is 0.0487. The third kappa shape index (κ3) is 3.09. The second-order valence-electron chi connectivity index (χ2n) is 3.51. The molecule has 0 aliphatic carbocycles. The molecule has 1 rings (SSSR count). The lowest BCUT2D eigenvalue weighted by atomic mass is 10.2. The average Bonchev–Trinajstić information content (AvgIpc) is 2.62. The molecule has 0 bridgehead atoms.